The summed E-state index contributed by atoms with van der Waals surface area (Å²) in [6.45, 7) is 4.75. The molecule has 0 radical (unpaired) electrons. The first-order valence-electron chi connectivity index (χ1n) is 6.29. The lowest BCUT2D eigenvalue weighted by Crippen LogP contribution is -2.26. The molecule has 3 atom stereocenters. The van der Waals surface area contributed by atoms with Crippen molar-refractivity contribution < 1.29 is 0 Å². The molecule has 2 aliphatic carbocycles. The van der Waals surface area contributed by atoms with Crippen LogP contribution < -0.4 is 5.32 Å². The van der Waals surface area contributed by atoms with Crippen LogP contribution in [0.1, 0.15) is 39.0 Å². The van der Waals surface area contributed by atoms with E-state index in [2.05, 4.69) is 24.4 Å². The highest BCUT2D eigenvalue weighted by molar-refractivity contribution is 5.10. The molecule has 0 aromatic carbocycles. The molecule has 0 heterocycles. The van der Waals surface area contributed by atoms with Gasteiger partial charge in [-0.25, -0.2) is 0 Å². The topological polar surface area (TPSA) is 12.0 Å². The molecule has 0 aromatic rings. The number of unbranched alkanes of at least 4 members (excludes halogenated alkanes) is 2. The average molecular weight is 193 g/mol. The highest BCUT2D eigenvalue weighted by Crippen LogP contribution is 2.42. The zero-order chi connectivity index (χ0) is 9.80. The van der Waals surface area contributed by atoms with Gasteiger partial charge in [0.05, 0.1) is 0 Å². The molecule has 0 amide bonds. The largest absolute Gasteiger partial charge is 0.316 e. The van der Waals surface area contributed by atoms with Crippen LogP contribution in [0.3, 0.4) is 0 Å². The summed E-state index contributed by atoms with van der Waals surface area (Å²) in [6, 6.07) is 0. The molecule has 2 rings (SSSR count). The van der Waals surface area contributed by atoms with Gasteiger partial charge >= 0.3 is 0 Å². The number of hydrogen-bond acceptors (Lipinski definition) is 1. The highest BCUT2D eigenvalue weighted by atomic mass is 14.9. The molecular weight excluding hydrogens is 170 g/mol. The normalized spacial score (nSPS) is 34.2. The molecule has 0 aliphatic heterocycles. The molecule has 1 saturated carbocycles. The van der Waals surface area contributed by atoms with Crippen LogP contribution in [0.4, 0.5) is 0 Å². The molecule has 1 fully saturated rings. The fraction of sp³-hybridized carbons (Fsp3) is 0.846. The van der Waals surface area contributed by atoms with Gasteiger partial charge in [0.1, 0.15) is 0 Å². The minimum Gasteiger partial charge on any atom is -0.316 e. The van der Waals surface area contributed by atoms with Gasteiger partial charge < -0.3 is 5.32 Å². The number of nitrogens with one attached hydrogen (secondary N) is 1. The Bertz CT molecular complexity index is 197. The monoisotopic (exact) mass is 193 g/mol. The van der Waals surface area contributed by atoms with Crippen molar-refractivity contribution >= 4 is 0 Å². The summed E-state index contributed by atoms with van der Waals surface area (Å²) >= 11 is 0. The Hall–Kier alpha value is -0.300. The van der Waals surface area contributed by atoms with Crippen molar-refractivity contribution in [3.63, 3.8) is 0 Å². The smallest absolute Gasteiger partial charge is 0.00147 e. The summed E-state index contributed by atoms with van der Waals surface area (Å²) in [5, 5.41) is 3.61. The SMILES string of the molecule is CCCCCNC[C@@H]1C[C@H]2C=C[C@H]1C2. The van der Waals surface area contributed by atoms with Crippen molar-refractivity contribution in [2.75, 3.05) is 13.1 Å². The van der Waals surface area contributed by atoms with Gasteiger partial charge in [0.25, 0.3) is 0 Å². The van der Waals surface area contributed by atoms with Crippen LogP contribution in [-0.2, 0) is 0 Å². The molecule has 2 bridgehead atoms. The Morgan fingerprint density at radius 2 is 2.14 bits per heavy atom. The van der Waals surface area contributed by atoms with Gasteiger partial charge in [-0.3, -0.25) is 0 Å². The van der Waals surface area contributed by atoms with Crippen LogP contribution in [0.25, 0.3) is 0 Å². The van der Waals surface area contributed by atoms with Crippen LogP contribution >= 0.6 is 0 Å². The van der Waals surface area contributed by atoms with Crippen molar-refractivity contribution in [2.45, 2.75) is 39.0 Å². The van der Waals surface area contributed by atoms with Crippen LogP contribution in [0, 0.1) is 17.8 Å². The van der Waals surface area contributed by atoms with Crippen LogP contribution in [0.5, 0.6) is 0 Å². The number of allylic oxidation sites excluding steroid dienone is 2. The molecule has 0 spiro atoms. The zero-order valence-corrected chi connectivity index (χ0v) is 9.34. The fourth-order valence-electron chi connectivity index (χ4n) is 2.92. The first-order chi connectivity index (χ1) is 6.90. The Morgan fingerprint density at radius 3 is 2.79 bits per heavy atom. The predicted molar refractivity (Wildman–Crippen MR) is 61.2 cm³/mol. The maximum absolute atomic E-state index is 3.61. The summed E-state index contributed by atoms with van der Waals surface area (Å²) in [5.41, 5.74) is 0. The summed E-state index contributed by atoms with van der Waals surface area (Å²) in [4.78, 5) is 0. The molecule has 2 aliphatic rings. The number of fused-ring (bicyclic) bond motifs is 2. The fourth-order valence-corrected chi connectivity index (χ4v) is 2.92. The third-order valence-electron chi connectivity index (χ3n) is 3.78. The van der Waals surface area contributed by atoms with E-state index in [0.29, 0.717) is 0 Å². The van der Waals surface area contributed by atoms with Gasteiger partial charge in [0.2, 0.25) is 0 Å². The number of rotatable bonds is 6. The minimum absolute atomic E-state index is 0.915. The van der Waals surface area contributed by atoms with E-state index < -0.39 is 0 Å². The van der Waals surface area contributed by atoms with E-state index in [0.717, 1.165) is 17.8 Å². The average Bonchev–Trinajstić information content (AvgIpc) is 2.79. The maximum atomic E-state index is 3.61. The van der Waals surface area contributed by atoms with E-state index in [-0.39, 0.29) is 0 Å². The van der Waals surface area contributed by atoms with E-state index in [1.165, 1.54) is 45.2 Å². The van der Waals surface area contributed by atoms with Crippen molar-refractivity contribution in [1.29, 1.82) is 0 Å². The van der Waals surface area contributed by atoms with E-state index in [1.54, 1.807) is 0 Å². The molecule has 80 valence electrons. The Labute approximate surface area is 88.0 Å². The second-order valence-electron chi connectivity index (χ2n) is 4.95. The van der Waals surface area contributed by atoms with Crippen molar-refractivity contribution in [3.8, 4) is 0 Å². The molecule has 14 heavy (non-hydrogen) atoms. The summed E-state index contributed by atoms with van der Waals surface area (Å²) in [7, 11) is 0. The van der Waals surface area contributed by atoms with Crippen LogP contribution in [-0.4, -0.2) is 13.1 Å². The second-order valence-corrected chi connectivity index (χ2v) is 4.95. The van der Waals surface area contributed by atoms with Gasteiger partial charge in [0, 0.05) is 0 Å². The van der Waals surface area contributed by atoms with Crippen LogP contribution in [0.15, 0.2) is 12.2 Å². The quantitative estimate of drug-likeness (QED) is 0.505. The zero-order valence-electron chi connectivity index (χ0n) is 9.34. The van der Waals surface area contributed by atoms with Crippen LogP contribution in [0.2, 0.25) is 0 Å². The van der Waals surface area contributed by atoms with Gasteiger partial charge in [-0.2, -0.15) is 0 Å². The van der Waals surface area contributed by atoms with Crippen molar-refractivity contribution in [2.24, 2.45) is 17.8 Å². The standard InChI is InChI=1S/C13H23N/c1-2-3-4-7-14-10-13-9-11-5-6-12(13)8-11/h5-6,11-14H,2-4,7-10H2,1H3/t11-,12-,13-/m0/s1. The number of hydrogen-bond donors (Lipinski definition) is 1. The summed E-state index contributed by atoms with van der Waals surface area (Å²) in [5.74, 6) is 2.80. The molecule has 0 saturated heterocycles. The van der Waals surface area contributed by atoms with Crippen molar-refractivity contribution in [1.82, 2.24) is 5.32 Å². The Morgan fingerprint density at radius 1 is 1.21 bits per heavy atom. The summed E-state index contributed by atoms with van der Waals surface area (Å²) in [6.07, 6.45) is 11.8. The molecule has 1 N–H and O–H groups in total. The molecule has 0 unspecified atom stereocenters. The predicted octanol–water partition coefficient (Wildman–Crippen LogP) is 2.98. The molecule has 1 heteroatoms. The molecule has 0 aromatic heterocycles. The van der Waals surface area contributed by atoms with Gasteiger partial charge in [-0.1, -0.05) is 31.9 Å². The molecule has 1 nitrogen and oxygen atoms in total. The highest BCUT2D eigenvalue weighted by Gasteiger charge is 2.34. The minimum atomic E-state index is 0.915. The maximum Gasteiger partial charge on any atom is -0.00147 e. The lowest BCUT2D eigenvalue weighted by Gasteiger charge is -2.18. The van der Waals surface area contributed by atoms with Gasteiger partial charge in [0.15, 0.2) is 0 Å². The Balaban J connectivity index is 1.56. The molecular formula is C13H23N. The summed E-state index contributed by atoms with van der Waals surface area (Å²) < 4.78 is 0. The third-order valence-corrected chi connectivity index (χ3v) is 3.78. The lowest BCUT2D eigenvalue weighted by atomic mass is 9.93. The van der Waals surface area contributed by atoms with E-state index in [9.17, 15) is 0 Å². The van der Waals surface area contributed by atoms with Crippen molar-refractivity contribution in [3.05, 3.63) is 12.2 Å². The van der Waals surface area contributed by atoms with Gasteiger partial charge in [-0.05, 0) is 50.1 Å². The first kappa shape index (κ1) is 10.2. The third kappa shape index (κ3) is 2.38. The van der Waals surface area contributed by atoms with E-state index in [4.69, 9.17) is 0 Å². The van der Waals surface area contributed by atoms with E-state index in [1.807, 2.05) is 0 Å². The second kappa shape index (κ2) is 4.97. The Kier molecular flexibility index (Phi) is 3.63. The lowest BCUT2D eigenvalue weighted by molar-refractivity contribution is 0.412. The first-order valence-corrected chi connectivity index (χ1v) is 6.29. The van der Waals surface area contributed by atoms with E-state index >= 15 is 0 Å². The van der Waals surface area contributed by atoms with Gasteiger partial charge in [-0.15, -0.1) is 0 Å².